The van der Waals surface area contributed by atoms with Crippen molar-refractivity contribution in [3.63, 3.8) is 0 Å². The summed E-state index contributed by atoms with van der Waals surface area (Å²) in [5, 5.41) is 17.2. The standard InChI is InChI=1S/C11H17N3O2S/c1-3-12-9-5-4-6-10(11(9)14(15)16)13-7-8-17-2/h4-6,12-13H,3,7-8H2,1-2H3. The van der Waals surface area contributed by atoms with Gasteiger partial charge in [-0.3, -0.25) is 10.1 Å². The highest BCUT2D eigenvalue weighted by Gasteiger charge is 2.18. The zero-order chi connectivity index (χ0) is 12.7. The Bertz CT molecular complexity index is 385. The van der Waals surface area contributed by atoms with Crippen LogP contribution in [0.25, 0.3) is 0 Å². The summed E-state index contributed by atoms with van der Waals surface area (Å²) in [6.07, 6.45) is 2.01. The minimum absolute atomic E-state index is 0.121. The first kappa shape index (κ1) is 13.6. The summed E-state index contributed by atoms with van der Waals surface area (Å²) in [6.45, 7) is 3.30. The fourth-order valence-corrected chi connectivity index (χ4v) is 1.81. The summed E-state index contributed by atoms with van der Waals surface area (Å²) in [5.41, 5.74) is 1.25. The molecule has 0 radical (unpaired) electrons. The van der Waals surface area contributed by atoms with Crippen LogP contribution in [0, 0.1) is 10.1 Å². The quantitative estimate of drug-likeness (QED) is 0.445. The maximum Gasteiger partial charge on any atom is 0.315 e. The maximum atomic E-state index is 11.1. The Morgan fingerprint density at radius 3 is 2.53 bits per heavy atom. The van der Waals surface area contributed by atoms with Gasteiger partial charge in [0.25, 0.3) is 0 Å². The lowest BCUT2D eigenvalue weighted by molar-refractivity contribution is -0.383. The van der Waals surface area contributed by atoms with Gasteiger partial charge in [-0.15, -0.1) is 0 Å². The van der Waals surface area contributed by atoms with E-state index in [1.165, 1.54) is 0 Å². The van der Waals surface area contributed by atoms with Crippen molar-refractivity contribution in [2.45, 2.75) is 6.92 Å². The highest BCUT2D eigenvalue weighted by Crippen LogP contribution is 2.32. The number of benzene rings is 1. The van der Waals surface area contributed by atoms with Crippen LogP contribution >= 0.6 is 11.8 Å². The molecule has 0 amide bonds. The molecule has 0 saturated heterocycles. The number of para-hydroxylation sites is 1. The number of nitrogens with zero attached hydrogens (tertiary/aromatic N) is 1. The van der Waals surface area contributed by atoms with E-state index in [0.717, 1.165) is 12.3 Å². The lowest BCUT2D eigenvalue weighted by Crippen LogP contribution is -2.08. The minimum Gasteiger partial charge on any atom is -0.380 e. The van der Waals surface area contributed by atoms with E-state index in [0.29, 0.717) is 17.9 Å². The SMILES string of the molecule is CCNc1cccc(NCCSC)c1[N+](=O)[O-]. The first-order chi connectivity index (χ1) is 8.20. The third-order valence-corrected chi connectivity index (χ3v) is 2.82. The predicted molar refractivity (Wildman–Crippen MR) is 74.1 cm³/mol. The molecular formula is C11H17N3O2S. The van der Waals surface area contributed by atoms with Gasteiger partial charge in [0.1, 0.15) is 11.4 Å². The van der Waals surface area contributed by atoms with Crippen molar-refractivity contribution in [1.29, 1.82) is 0 Å². The fourth-order valence-electron chi connectivity index (χ4n) is 1.50. The summed E-state index contributed by atoms with van der Waals surface area (Å²) >= 11 is 1.70. The second-order valence-corrected chi connectivity index (χ2v) is 4.39. The van der Waals surface area contributed by atoms with E-state index in [1.807, 2.05) is 19.2 Å². The summed E-state index contributed by atoms with van der Waals surface area (Å²) in [7, 11) is 0. The zero-order valence-electron chi connectivity index (χ0n) is 10.0. The lowest BCUT2D eigenvalue weighted by Gasteiger charge is -2.10. The second kappa shape index (κ2) is 7.01. The van der Waals surface area contributed by atoms with Crippen LogP contribution in [0.4, 0.5) is 17.1 Å². The van der Waals surface area contributed by atoms with Gasteiger partial charge in [0.2, 0.25) is 0 Å². The molecule has 0 aliphatic rings. The highest BCUT2D eigenvalue weighted by molar-refractivity contribution is 7.98. The van der Waals surface area contributed by atoms with E-state index in [2.05, 4.69) is 10.6 Å². The molecule has 0 aromatic heterocycles. The van der Waals surface area contributed by atoms with Gasteiger partial charge in [-0.05, 0) is 25.3 Å². The summed E-state index contributed by atoms with van der Waals surface area (Å²) in [5.74, 6) is 0.919. The monoisotopic (exact) mass is 255 g/mol. The van der Waals surface area contributed by atoms with Gasteiger partial charge in [-0.25, -0.2) is 0 Å². The van der Waals surface area contributed by atoms with Crippen molar-refractivity contribution < 1.29 is 4.92 Å². The van der Waals surface area contributed by atoms with E-state index < -0.39 is 0 Å². The Labute approximate surface area is 105 Å². The third-order valence-electron chi connectivity index (χ3n) is 2.21. The van der Waals surface area contributed by atoms with Gasteiger partial charge >= 0.3 is 5.69 Å². The molecule has 6 heteroatoms. The number of nitrogens with one attached hydrogen (secondary N) is 2. The van der Waals surface area contributed by atoms with Crippen molar-refractivity contribution in [2.75, 3.05) is 35.7 Å². The Morgan fingerprint density at radius 1 is 1.35 bits per heavy atom. The van der Waals surface area contributed by atoms with Gasteiger partial charge in [0.05, 0.1) is 4.92 Å². The molecule has 0 heterocycles. The topological polar surface area (TPSA) is 67.2 Å². The van der Waals surface area contributed by atoms with Gasteiger partial charge in [-0.1, -0.05) is 6.07 Å². The molecule has 0 aliphatic carbocycles. The van der Waals surface area contributed by atoms with Crippen LogP contribution in [-0.4, -0.2) is 30.0 Å². The number of rotatable bonds is 7. The molecule has 2 N–H and O–H groups in total. The Morgan fingerprint density at radius 2 is 2.00 bits per heavy atom. The Balaban J connectivity index is 2.94. The lowest BCUT2D eigenvalue weighted by atomic mass is 10.2. The largest absolute Gasteiger partial charge is 0.380 e. The molecule has 0 unspecified atom stereocenters. The van der Waals surface area contributed by atoms with Gasteiger partial charge < -0.3 is 10.6 Å². The number of thioether (sulfide) groups is 1. The van der Waals surface area contributed by atoms with E-state index in [1.54, 1.807) is 23.9 Å². The number of hydrogen-bond acceptors (Lipinski definition) is 5. The number of anilines is 2. The summed E-state index contributed by atoms with van der Waals surface area (Å²) < 4.78 is 0. The second-order valence-electron chi connectivity index (χ2n) is 3.41. The molecule has 0 fully saturated rings. The van der Waals surface area contributed by atoms with Crippen LogP contribution in [0.2, 0.25) is 0 Å². The average molecular weight is 255 g/mol. The minimum atomic E-state index is -0.348. The van der Waals surface area contributed by atoms with Crippen LogP contribution in [0.15, 0.2) is 18.2 Å². The van der Waals surface area contributed by atoms with Crippen molar-refractivity contribution in [3.05, 3.63) is 28.3 Å². The molecule has 0 atom stereocenters. The van der Waals surface area contributed by atoms with Crippen LogP contribution < -0.4 is 10.6 Å². The summed E-state index contributed by atoms with van der Waals surface area (Å²) in [6, 6.07) is 5.27. The van der Waals surface area contributed by atoms with Crippen molar-refractivity contribution in [3.8, 4) is 0 Å². The molecule has 1 rings (SSSR count). The summed E-state index contributed by atoms with van der Waals surface area (Å²) in [4.78, 5) is 10.7. The number of nitro groups is 1. The molecule has 94 valence electrons. The number of hydrogen-bond donors (Lipinski definition) is 2. The van der Waals surface area contributed by atoms with Crippen LogP contribution in [0.3, 0.4) is 0 Å². The first-order valence-electron chi connectivity index (χ1n) is 5.44. The molecule has 0 aliphatic heterocycles. The Kier molecular flexibility index (Phi) is 5.62. The van der Waals surface area contributed by atoms with Gasteiger partial charge in [0.15, 0.2) is 0 Å². The van der Waals surface area contributed by atoms with Crippen LogP contribution in [0.5, 0.6) is 0 Å². The van der Waals surface area contributed by atoms with Gasteiger partial charge in [-0.2, -0.15) is 11.8 Å². The molecule has 1 aromatic rings. The van der Waals surface area contributed by atoms with E-state index in [4.69, 9.17) is 0 Å². The predicted octanol–water partition coefficient (Wildman–Crippen LogP) is 2.80. The fraction of sp³-hybridized carbons (Fsp3) is 0.455. The van der Waals surface area contributed by atoms with Crippen molar-refractivity contribution in [1.82, 2.24) is 0 Å². The van der Waals surface area contributed by atoms with E-state index in [9.17, 15) is 10.1 Å². The third kappa shape index (κ3) is 3.81. The molecule has 17 heavy (non-hydrogen) atoms. The van der Waals surface area contributed by atoms with Gasteiger partial charge in [0, 0.05) is 18.8 Å². The smallest absolute Gasteiger partial charge is 0.315 e. The van der Waals surface area contributed by atoms with E-state index >= 15 is 0 Å². The molecule has 0 saturated carbocycles. The van der Waals surface area contributed by atoms with Crippen molar-refractivity contribution >= 4 is 28.8 Å². The van der Waals surface area contributed by atoms with E-state index in [-0.39, 0.29) is 10.6 Å². The van der Waals surface area contributed by atoms with Crippen LogP contribution in [0.1, 0.15) is 6.92 Å². The maximum absolute atomic E-state index is 11.1. The van der Waals surface area contributed by atoms with Crippen molar-refractivity contribution in [2.24, 2.45) is 0 Å². The normalized spacial score (nSPS) is 10.0. The average Bonchev–Trinajstić information content (AvgIpc) is 2.29. The molecule has 0 spiro atoms. The highest BCUT2D eigenvalue weighted by atomic mass is 32.2. The zero-order valence-corrected chi connectivity index (χ0v) is 10.8. The van der Waals surface area contributed by atoms with Crippen LogP contribution in [-0.2, 0) is 0 Å². The molecular weight excluding hydrogens is 238 g/mol. The first-order valence-corrected chi connectivity index (χ1v) is 6.84. The number of nitro benzene ring substituents is 1. The molecule has 1 aromatic carbocycles. The molecule has 0 bridgehead atoms. The Hall–Kier alpha value is -1.43. The molecule has 5 nitrogen and oxygen atoms in total.